The highest BCUT2D eigenvalue weighted by molar-refractivity contribution is 6.31. The predicted octanol–water partition coefficient (Wildman–Crippen LogP) is -0.590. The number of alkyl carbamates (subject to hydrolysis) is 1. The Labute approximate surface area is 366 Å². The number of phenols is 2. The molecule has 0 saturated carbocycles. The molecule has 3 aromatic carbocycles. The van der Waals surface area contributed by atoms with Gasteiger partial charge >= 0.3 is 18.2 Å². The largest absolute Gasteiger partial charge is 0.507 e. The maximum absolute atomic E-state index is 14.0. The van der Waals surface area contributed by atoms with Crippen LogP contribution in [-0.4, -0.2) is 156 Å². The Hall–Kier alpha value is -6.28. The van der Waals surface area contributed by atoms with E-state index in [1.165, 1.54) is 56.5 Å². The second-order valence-corrected chi connectivity index (χ2v) is 15.8. The quantitative estimate of drug-likeness (QED) is 0.0838. The van der Waals surface area contributed by atoms with Gasteiger partial charge in [-0.15, -0.1) is 0 Å². The monoisotopic (exact) mass is 912 g/mol. The lowest BCUT2D eigenvalue weighted by atomic mass is 9.72. The molecule has 0 bridgehead atoms. The molecular formula is C42H44N2O21. The molecule has 2 aliphatic heterocycles. The fraction of sp³-hybridized carbons (Fsp3) is 0.429. The van der Waals surface area contributed by atoms with E-state index in [1.807, 2.05) is 0 Å². The molecule has 0 spiro atoms. The average Bonchev–Trinajstić information content (AvgIpc) is 3.27. The van der Waals surface area contributed by atoms with Crippen molar-refractivity contribution in [1.29, 1.82) is 0 Å². The number of methoxy groups -OCH3 is 1. The number of amides is 2. The van der Waals surface area contributed by atoms with E-state index in [-0.39, 0.29) is 46.7 Å². The number of ketones is 3. The molecule has 9 unspecified atom stereocenters. The van der Waals surface area contributed by atoms with Crippen molar-refractivity contribution in [3.05, 3.63) is 81.4 Å². The van der Waals surface area contributed by atoms with Gasteiger partial charge in [-0.1, -0.05) is 24.3 Å². The van der Waals surface area contributed by atoms with Gasteiger partial charge in [0.05, 0.1) is 42.0 Å². The van der Waals surface area contributed by atoms with Gasteiger partial charge < -0.3 is 79.7 Å². The van der Waals surface area contributed by atoms with Gasteiger partial charge in [0, 0.05) is 41.6 Å². The summed E-state index contributed by atoms with van der Waals surface area (Å²) in [5, 5.41) is 99.5. The van der Waals surface area contributed by atoms with Crippen molar-refractivity contribution in [1.82, 2.24) is 5.32 Å². The first-order valence-electron chi connectivity index (χ1n) is 19.9. The van der Waals surface area contributed by atoms with E-state index >= 15 is 0 Å². The Kier molecular flexibility index (Phi) is 13.2. The number of aliphatic carboxylic acids is 1. The van der Waals surface area contributed by atoms with E-state index in [2.05, 4.69) is 10.6 Å². The number of aliphatic hydroxyl groups is 6. The van der Waals surface area contributed by atoms with Crippen LogP contribution >= 0.6 is 0 Å². The van der Waals surface area contributed by atoms with Crippen LogP contribution in [0.5, 0.6) is 17.2 Å². The zero-order valence-electron chi connectivity index (χ0n) is 34.3. The molecule has 23 nitrogen and oxygen atoms in total. The number of rotatable bonds is 11. The van der Waals surface area contributed by atoms with Gasteiger partial charge in [0.25, 0.3) is 0 Å². The maximum Gasteiger partial charge on any atom is 0.414 e. The van der Waals surface area contributed by atoms with Crippen molar-refractivity contribution in [2.24, 2.45) is 0 Å². The number of hydrogen-bond acceptors (Lipinski definition) is 20. The molecule has 2 fully saturated rings. The summed E-state index contributed by atoms with van der Waals surface area (Å²) in [5.74, 6) is -6.06. The van der Waals surface area contributed by atoms with Gasteiger partial charge in [0.2, 0.25) is 12.1 Å². The Bertz CT molecular complexity index is 2410. The third-order valence-electron chi connectivity index (χ3n) is 11.7. The second kappa shape index (κ2) is 18.3. The molecule has 2 aliphatic carbocycles. The molecular weight excluding hydrogens is 868 g/mol. The minimum absolute atomic E-state index is 0.0185. The van der Waals surface area contributed by atoms with Crippen LogP contribution in [0.25, 0.3) is 0 Å². The zero-order chi connectivity index (χ0) is 47.2. The highest BCUT2D eigenvalue weighted by atomic mass is 16.7. The molecule has 2 saturated heterocycles. The molecule has 0 aromatic heterocycles. The van der Waals surface area contributed by atoms with Crippen LogP contribution in [0.4, 0.5) is 15.3 Å². The van der Waals surface area contributed by atoms with Crippen LogP contribution in [0.2, 0.25) is 0 Å². The number of Topliss-reactive ketones (excluding diaryl/α,β-unsaturated/α-hetero) is 1. The topological polar surface area (TPSA) is 364 Å². The number of anilines is 1. The smallest absolute Gasteiger partial charge is 0.414 e. The standard InChI is InChI=1S/C42H44N2O21/c1-15-29(47)20(44-40(57)61-14-16-6-8-17(9-7-16)43-41(58)65-39-36(54)34(52)35(53)37(64-39)38(55)56)10-24(62-15)63-22-12-42(59,23(46)13-45)11-19-26(22)33(51)28-27(31(19)49)30(48)18-4-3-5-21(60-2)25(18)32(28)50/h3-9,15,20,22,24,29,34-37,39,45,47,49,51-54,59H,10-14H2,1-2H3,(H,43,58)(H,44,57)(H,55,56)/t15?,20?,22-,24?,29?,34?,35?,36?,37?,39?,42-/m0/s1. The van der Waals surface area contributed by atoms with Crippen molar-refractivity contribution in [2.45, 2.75) is 99.7 Å². The molecule has 2 heterocycles. The number of carbonyl (C=O) groups is 6. The van der Waals surface area contributed by atoms with Crippen LogP contribution in [-0.2, 0) is 46.3 Å². The number of aliphatic hydroxyl groups excluding tert-OH is 5. The summed E-state index contributed by atoms with van der Waals surface area (Å²) in [6, 6.07) is 8.72. The number of fused-ring (bicyclic) bond motifs is 3. The molecule has 2 amide bonds. The van der Waals surface area contributed by atoms with E-state index in [1.54, 1.807) is 0 Å². The van der Waals surface area contributed by atoms with E-state index in [9.17, 15) is 74.7 Å². The molecule has 11 N–H and O–H groups in total. The number of carbonyl (C=O) groups excluding carboxylic acids is 5. The Morgan fingerprint density at radius 3 is 2.22 bits per heavy atom. The van der Waals surface area contributed by atoms with Gasteiger partial charge in [-0.2, -0.15) is 0 Å². The van der Waals surface area contributed by atoms with Crippen LogP contribution in [0, 0.1) is 0 Å². The SMILES string of the molecule is COc1cccc2c1C(=O)c1c(O)c3c(c(O)c1C2=O)C[C@@](O)(C(=O)CO)C[C@@H]3OC1CC(NC(=O)OCc2ccc(NC(=O)OC3OC(C(=O)O)C(O)C(O)C3O)cc2)C(O)C(C)O1. The van der Waals surface area contributed by atoms with E-state index in [0.717, 1.165) is 0 Å². The van der Waals surface area contributed by atoms with Crippen LogP contribution in [0.3, 0.4) is 0 Å². The first-order valence-corrected chi connectivity index (χ1v) is 19.9. The van der Waals surface area contributed by atoms with Crippen molar-refractivity contribution in [2.75, 3.05) is 19.0 Å². The second-order valence-electron chi connectivity index (χ2n) is 15.8. The number of carboxylic acid groups (broad SMARTS) is 1. The van der Waals surface area contributed by atoms with Gasteiger partial charge in [-0.3, -0.25) is 19.7 Å². The number of benzene rings is 3. The summed E-state index contributed by atoms with van der Waals surface area (Å²) in [4.78, 5) is 77.5. The summed E-state index contributed by atoms with van der Waals surface area (Å²) in [6.07, 6.45) is -19.0. The van der Waals surface area contributed by atoms with Gasteiger partial charge in [-0.25, -0.2) is 14.4 Å². The summed E-state index contributed by atoms with van der Waals surface area (Å²) in [5.41, 5.74) is -3.92. The highest BCUT2D eigenvalue weighted by Gasteiger charge is 2.51. The number of phenolic OH excluding ortho intramolecular Hbond substituents is 2. The van der Waals surface area contributed by atoms with Crippen molar-refractivity contribution in [3.8, 4) is 17.2 Å². The molecule has 65 heavy (non-hydrogen) atoms. The zero-order valence-corrected chi connectivity index (χ0v) is 34.3. The lowest BCUT2D eigenvalue weighted by molar-refractivity contribution is -0.277. The molecule has 11 atom stereocenters. The molecule has 23 heteroatoms. The molecule has 348 valence electrons. The van der Waals surface area contributed by atoms with Crippen LogP contribution in [0.1, 0.15) is 74.4 Å². The van der Waals surface area contributed by atoms with Crippen molar-refractivity contribution < 1.29 is 103 Å². The fourth-order valence-electron chi connectivity index (χ4n) is 8.29. The van der Waals surface area contributed by atoms with Gasteiger partial charge in [-0.05, 0) is 30.7 Å². The number of ether oxygens (including phenoxy) is 6. The third kappa shape index (κ3) is 8.80. The molecule has 4 aliphatic rings. The summed E-state index contributed by atoms with van der Waals surface area (Å²) in [6.45, 7) is -0.00993. The van der Waals surface area contributed by atoms with E-state index in [0.29, 0.717) is 5.56 Å². The predicted molar refractivity (Wildman–Crippen MR) is 212 cm³/mol. The van der Waals surface area contributed by atoms with Crippen molar-refractivity contribution >= 4 is 41.2 Å². The maximum atomic E-state index is 14.0. The van der Waals surface area contributed by atoms with E-state index in [4.69, 9.17) is 28.4 Å². The lowest BCUT2D eigenvalue weighted by Crippen LogP contribution is -2.60. The van der Waals surface area contributed by atoms with Crippen molar-refractivity contribution in [3.63, 3.8) is 0 Å². The highest BCUT2D eigenvalue weighted by Crippen LogP contribution is 2.52. The number of carboxylic acids is 1. The van der Waals surface area contributed by atoms with Crippen LogP contribution in [0.15, 0.2) is 42.5 Å². The Balaban J connectivity index is 1.02. The Morgan fingerprint density at radius 1 is 0.862 bits per heavy atom. The number of aromatic hydroxyl groups is 2. The first kappa shape index (κ1) is 46.7. The summed E-state index contributed by atoms with van der Waals surface area (Å²) < 4.78 is 32.5. The molecule has 7 rings (SSSR count). The first-order chi connectivity index (χ1) is 30.8. The minimum Gasteiger partial charge on any atom is -0.507 e. The summed E-state index contributed by atoms with van der Waals surface area (Å²) >= 11 is 0. The van der Waals surface area contributed by atoms with Gasteiger partial charge in [0.1, 0.15) is 60.5 Å². The average molecular weight is 913 g/mol. The third-order valence-corrected chi connectivity index (χ3v) is 11.7. The molecule has 3 aromatic rings. The lowest BCUT2D eigenvalue weighted by Gasteiger charge is -2.42. The number of hydrogen-bond donors (Lipinski definition) is 11. The number of nitrogens with one attached hydrogen (secondary N) is 2. The minimum atomic E-state index is -2.41. The Morgan fingerprint density at radius 2 is 1.55 bits per heavy atom. The fourth-order valence-corrected chi connectivity index (χ4v) is 8.29. The van der Waals surface area contributed by atoms with Gasteiger partial charge in [0.15, 0.2) is 24.0 Å². The summed E-state index contributed by atoms with van der Waals surface area (Å²) in [7, 11) is 1.27. The van der Waals surface area contributed by atoms with Crippen LogP contribution < -0.4 is 15.4 Å². The normalized spacial score (nSPS) is 29.4. The van der Waals surface area contributed by atoms with E-state index < -0.39 is 145 Å². The molecule has 0 radical (unpaired) electrons.